The Balaban J connectivity index is 2.03. The summed E-state index contributed by atoms with van der Waals surface area (Å²) in [5.41, 5.74) is 2.94. The van der Waals surface area contributed by atoms with Crippen molar-refractivity contribution in [2.24, 2.45) is 5.10 Å². The molecule has 0 bridgehead atoms. The molecule has 0 aliphatic heterocycles. The lowest BCUT2D eigenvalue weighted by Crippen LogP contribution is -2.18. The van der Waals surface area contributed by atoms with E-state index in [4.69, 9.17) is 11.6 Å². The molecule has 0 aliphatic rings. The summed E-state index contributed by atoms with van der Waals surface area (Å²) >= 11 is 5.80. The summed E-state index contributed by atoms with van der Waals surface area (Å²) < 4.78 is 13.3. The van der Waals surface area contributed by atoms with Gasteiger partial charge in [-0.25, -0.2) is 9.82 Å². The minimum absolute atomic E-state index is 0.0502. The summed E-state index contributed by atoms with van der Waals surface area (Å²) in [6, 6.07) is 12.7. The SMILES string of the molecule is O=C(N/N=C\c1cccc(Cl)c1)c1ccccc1F. The minimum atomic E-state index is -0.601. The third-order valence-electron chi connectivity index (χ3n) is 2.35. The Kier molecular flexibility index (Phi) is 4.26. The zero-order chi connectivity index (χ0) is 13.7. The summed E-state index contributed by atoms with van der Waals surface area (Å²) in [5, 5.41) is 4.32. The van der Waals surface area contributed by atoms with E-state index in [0.717, 1.165) is 5.56 Å². The van der Waals surface area contributed by atoms with E-state index in [9.17, 15) is 9.18 Å². The lowest BCUT2D eigenvalue weighted by Gasteiger charge is -2.00. The van der Waals surface area contributed by atoms with Gasteiger partial charge in [0.25, 0.3) is 5.91 Å². The Labute approximate surface area is 114 Å². The van der Waals surface area contributed by atoms with E-state index in [1.807, 2.05) is 0 Å². The second-order valence-electron chi connectivity index (χ2n) is 3.73. The zero-order valence-electron chi connectivity index (χ0n) is 9.81. The maximum atomic E-state index is 13.3. The van der Waals surface area contributed by atoms with Crippen LogP contribution in [0.2, 0.25) is 5.02 Å². The van der Waals surface area contributed by atoms with Gasteiger partial charge in [-0.1, -0.05) is 35.9 Å². The fourth-order valence-corrected chi connectivity index (χ4v) is 1.66. The van der Waals surface area contributed by atoms with Crippen LogP contribution in [-0.2, 0) is 0 Å². The van der Waals surface area contributed by atoms with Gasteiger partial charge in [-0.2, -0.15) is 5.10 Å². The molecule has 0 aliphatic carbocycles. The fraction of sp³-hybridized carbons (Fsp3) is 0. The second kappa shape index (κ2) is 6.11. The first-order chi connectivity index (χ1) is 9.16. The van der Waals surface area contributed by atoms with Gasteiger partial charge in [0.1, 0.15) is 5.82 Å². The van der Waals surface area contributed by atoms with Crippen LogP contribution in [0.1, 0.15) is 15.9 Å². The summed E-state index contributed by atoms with van der Waals surface area (Å²) in [6.07, 6.45) is 1.44. The van der Waals surface area contributed by atoms with Crippen molar-refractivity contribution in [3.8, 4) is 0 Å². The van der Waals surface area contributed by atoms with Crippen LogP contribution in [0.25, 0.3) is 0 Å². The van der Waals surface area contributed by atoms with Gasteiger partial charge in [-0.15, -0.1) is 0 Å². The molecule has 96 valence electrons. The molecule has 3 nitrogen and oxygen atoms in total. The molecule has 0 heterocycles. The lowest BCUT2D eigenvalue weighted by molar-refractivity contribution is 0.0951. The first-order valence-corrected chi connectivity index (χ1v) is 5.88. The predicted octanol–water partition coefficient (Wildman–Crippen LogP) is 3.24. The van der Waals surface area contributed by atoms with E-state index in [1.54, 1.807) is 30.3 Å². The maximum absolute atomic E-state index is 13.3. The topological polar surface area (TPSA) is 41.5 Å². The molecule has 5 heteroatoms. The second-order valence-corrected chi connectivity index (χ2v) is 4.17. The van der Waals surface area contributed by atoms with Gasteiger partial charge in [0.15, 0.2) is 0 Å². The molecule has 0 saturated carbocycles. The maximum Gasteiger partial charge on any atom is 0.274 e. The van der Waals surface area contributed by atoms with Crippen LogP contribution >= 0.6 is 11.6 Å². The minimum Gasteiger partial charge on any atom is -0.267 e. The molecule has 0 saturated heterocycles. The van der Waals surface area contributed by atoms with E-state index < -0.39 is 11.7 Å². The number of nitrogens with one attached hydrogen (secondary N) is 1. The normalized spacial score (nSPS) is 10.6. The van der Waals surface area contributed by atoms with Gasteiger partial charge in [0.05, 0.1) is 11.8 Å². The number of hydrogen-bond donors (Lipinski definition) is 1. The van der Waals surface area contributed by atoms with Crippen molar-refractivity contribution in [3.63, 3.8) is 0 Å². The number of carbonyl (C=O) groups excluding carboxylic acids is 1. The molecule has 2 aromatic carbocycles. The number of halogens is 2. The number of rotatable bonds is 3. The van der Waals surface area contributed by atoms with Crippen molar-refractivity contribution in [3.05, 3.63) is 70.5 Å². The molecular formula is C14H10ClFN2O. The molecule has 0 radical (unpaired) electrons. The molecule has 1 N–H and O–H groups in total. The van der Waals surface area contributed by atoms with Crippen LogP contribution in [0.5, 0.6) is 0 Å². The van der Waals surface area contributed by atoms with E-state index in [0.29, 0.717) is 5.02 Å². The average molecular weight is 277 g/mol. The number of carbonyl (C=O) groups is 1. The number of benzene rings is 2. The van der Waals surface area contributed by atoms with Gasteiger partial charge in [-0.05, 0) is 29.8 Å². The number of amides is 1. The van der Waals surface area contributed by atoms with Crippen molar-refractivity contribution in [2.45, 2.75) is 0 Å². The van der Waals surface area contributed by atoms with Crippen molar-refractivity contribution >= 4 is 23.7 Å². The van der Waals surface area contributed by atoms with Crippen LogP contribution in [-0.4, -0.2) is 12.1 Å². The highest BCUT2D eigenvalue weighted by atomic mass is 35.5. The van der Waals surface area contributed by atoms with E-state index in [2.05, 4.69) is 10.5 Å². The highest BCUT2D eigenvalue weighted by Gasteiger charge is 2.08. The van der Waals surface area contributed by atoms with E-state index in [1.165, 1.54) is 24.4 Å². The smallest absolute Gasteiger partial charge is 0.267 e. The third kappa shape index (κ3) is 3.63. The highest BCUT2D eigenvalue weighted by molar-refractivity contribution is 6.30. The lowest BCUT2D eigenvalue weighted by atomic mass is 10.2. The van der Waals surface area contributed by atoms with Crippen LogP contribution < -0.4 is 5.43 Å². The Hall–Kier alpha value is -2.20. The molecule has 2 rings (SSSR count). The molecule has 0 fully saturated rings. The summed E-state index contributed by atoms with van der Waals surface area (Å²) in [5.74, 6) is -1.19. The van der Waals surface area contributed by atoms with Crippen molar-refractivity contribution in [2.75, 3.05) is 0 Å². The standard InChI is InChI=1S/C14H10ClFN2O/c15-11-5-3-4-10(8-11)9-17-18-14(19)12-6-1-2-7-13(12)16/h1-9H,(H,18,19)/b17-9-. The molecule has 1 amide bonds. The van der Waals surface area contributed by atoms with Crippen molar-refractivity contribution < 1.29 is 9.18 Å². The molecular weight excluding hydrogens is 267 g/mol. The van der Waals surface area contributed by atoms with Gasteiger partial charge >= 0.3 is 0 Å². The zero-order valence-corrected chi connectivity index (χ0v) is 10.6. The van der Waals surface area contributed by atoms with Crippen LogP contribution in [0.3, 0.4) is 0 Å². The number of hydrogen-bond acceptors (Lipinski definition) is 2. The van der Waals surface area contributed by atoms with Crippen LogP contribution in [0.4, 0.5) is 4.39 Å². The third-order valence-corrected chi connectivity index (χ3v) is 2.58. The van der Waals surface area contributed by atoms with E-state index in [-0.39, 0.29) is 5.56 Å². The predicted molar refractivity (Wildman–Crippen MR) is 72.9 cm³/mol. The average Bonchev–Trinajstić information content (AvgIpc) is 2.39. The summed E-state index contributed by atoms with van der Waals surface area (Å²) in [7, 11) is 0. The Morgan fingerprint density at radius 3 is 2.74 bits per heavy atom. The van der Waals surface area contributed by atoms with E-state index >= 15 is 0 Å². The summed E-state index contributed by atoms with van der Waals surface area (Å²) in [6.45, 7) is 0. The van der Waals surface area contributed by atoms with Crippen LogP contribution in [0.15, 0.2) is 53.6 Å². The van der Waals surface area contributed by atoms with Crippen molar-refractivity contribution in [1.29, 1.82) is 0 Å². The molecule has 0 spiro atoms. The first kappa shape index (κ1) is 13.2. The molecule has 19 heavy (non-hydrogen) atoms. The van der Waals surface area contributed by atoms with Gasteiger partial charge in [-0.3, -0.25) is 4.79 Å². The monoisotopic (exact) mass is 276 g/mol. The Morgan fingerprint density at radius 1 is 1.21 bits per heavy atom. The number of nitrogens with zero attached hydrogens (tertiary/aromatic N) is 1. The van der Waals surface area contributed by atoms with Crippen molar-refractivity contribution in [1.82, 2.24) is 5.43 Å². The van der Waals surface area contributed by atoms with Crippen LogP contribution in [0, 0.1) is 5.82 Å². The van der Waals surface area contributed by atoms with Gasteiger partial charge in [0, 0.05) is 5.02 Å². The quantitative estimate of drug-likeness (QED) is 0.679. The number of hydrazone groups is 1. The summed E-state index contributed by atoms with van der Waals surface area (Å²) in [4.78, 5) is 11.6. The molecule has 2 aromatic rings. The molecule has 0 aromatic heterocycles. The largest absolute Gasteiger partial charge is 0.274 e. The molecule has 0 atom stereocenters. The molecule has 0 unspecified atom stereocenters. The fourth-order valence-electron chi connectivity index (χ4n) is 1.46. The highest BCUT2D eigenvalue weighted by Crippen LogP contribution is 2.09. The van der Waals surface area contributed by atoms with Gasteiger partial charge in [0.2, 0.25) is 0 Å². The first-order valence-electron chi connectivity index (χ1n) is 5.50. The Morgan fingerprint density at radius 2 is 2.00 bits per heavy atom. The van der Waals surface area contributed by atoms with Gasteiger partial charge < -0.3 is 0 Å². The Bertz CT molecular complexity index is 628.